The second kappa shape index (κ2) is 4.03. The van der Waals surface area contributed by atoms with Gasteiger partial charge < -0.3 is 10.8 Å². The van der Waals surface area contributed by atoms with Crippen molar-refractivity contribution in [1.82, 2.24) is 0 Å². The molecule has 1 aliphatic carbocycles. The maximum absolute atomic E-state index is 9.84. The lowest BCUT2D eigenvalue weighted by Crippen LogP contribution is -2.38. The number of phenols is 1. The van der Waals surface area contributed by atoms with Gasteiger partial charge in [-0.1, -0.05) is 36.9 Å². The average molecular weight is 226 g/mol. The van der Waals surface area contributed by atoms with Crippen molar-refractivity contribution in [2.24, 2.45) is 5.73 Å². The zero-order valence-electron chi connectivity index (χ0n) is 8.67. The number of benzene rings is 1. The summed E-state index contributed by atoms with van der Waals surface area (Å²) in [5.41, 5.74) is 6.81. The molecule has 0 bridgehead atoms. The van der Waals surface area contributed by atoms with E-state index in [0.717, 1.165) is 31.2 Å². The smallest absolute Gasteiger partial charge is 0.122 e. The molecule has 0 saturated heterocycles. The van der Waals surface area contributed by atoms with Crippen LogP contribution in [0.4, 0.5) is 0 Å². The summed E-state index contributed by atoms with van der Waals surface area (Å²) in [6.07, 6.45) is 5.41. The van der Waals surface area contributed by atoms with E-state index in [9.17, 15) is 5.11 Å². The molecule has 1 aliphatic rings. The zero-order chi connectivity index (χ0) is 10.9. The molecule has 1 saturated carbocycles. The van der Waals surface area contributed by atoms with Crippen LogP contribution in [0.1, 0.15) is 37.7 Å². The highest BCUT2D eigenvalue weighted by Crippen LogP contribution is 2.39. The predicted octanol–water partition coefficient (Wildman–Crippen LogP) is 3.16. The standard InChI is InChI=1S/C12H16ClNO/c13-9-4-5-10(11(15)8-9)12(14)6-2-1-3-7-12/h4-5,8,15H,1-3,6-7,14H2. The first-order valence-electron chi connectivity index (χ1n) is 5.40. The SMILES string of the molecule is NC1(c2ccc(Cl)cc2O)CCCCC1. The van der Waals surface area contributed by atoms with E-state index < -0.39 is 0 Å². The number of phenolic OH excluding ortho intramolecular Hbond substituents is 1. The van der Waals surface area contributed by atoms with Crippen LogP contribution in [0.25, 0.3) is 0 Å². The van der Waals surface area contributed by atoms with Gasteiger partial charge in [0, 0.05) is 16.1 Å². The summed E-state index contributed by atoms with van der Waals surface area (Å²) in [5, 5.41) is 10.4. The largest absolute Gasteiger partial charge is 0.508 e. The Hall–Kier alpha value is -0.730. The van der Waals surface area contributed by atoms with Crippen molar-refractivity contribution in [3.8, 4) is 5.75 Å². The molecule has 0 aromatic heterocycles. The van der Waals surface area contributed by atoms with Crippen LogP contribution in [0.5, 0.6) is 5.75 Å². The van der Waals surface area contributed by atoms with Crippen molar-refractivity contribution in [1.29, 1.82) is 0 Å². The lowest BCUT2D eigenvalue weighted by molar-refractivity contribution is 0.292. The van der Waals surface area contributed by atoms with Crippen LogP contribution >= 0.6 is 11.6 Å². The molecule has 3 N–H and O–H groups in total. The third kappa shape index (κ3) is 2.11. The van der Waals surface area contributed by atoms with Crippen molar-refractivity contribution < 1.29 is 5.11 Å². The highest BCUT2D eigenvalue weighted by atomic mass is 35.5. The molecule has 0 heterocycles. The molecule has 82 valence electrons. The fourth-order valence-electron chi connectivity index (χ4n) is 2.38. The van der Waals surface area contributed by atoms with E-state index in [1.165, 1.54) is 6.42 Å². The van der Waals surface area contributed by atoms with Crippen LogP contribution in [-0.4, -0.2) is 5.11 Å². The fraction of sp³-hybridized carbons (Fsp3) is 0.500. The number of hydrogen-bond acceptors (Lipinski definition) is 2. The van der Waals surface area contributed by atoms with Crippen LogP contribution < -0.4 is 5.73 Å². The number of halogens is 1. The van der Waals surface area contributed by atoms with E-state index in [1.54, 1.807) is 12.1 Å². The van der Waals surface area contributed by atoms with Crippen molar-refractivity contribution in [3.05, 3.63) is 28.8 Å². The second-order valence-corrected chi connectivity index (χ2v) is 4.81. The van der Waals surface area contributed by atoms with Gasteiger partial charge in [-0.15, -0.1) is 0 Å². The molecule has 0 atom stereocenters. The molecule has 1 aromatic rings. The zero-order valence-corrected chi connectivity index (χ0v) is 9.43. The van der Waals surface area contributed by atoms with Gasteiger partial charge in [-0.3, -0.25) is 0 Å². The summed E-state index contributed by atoms with van der Waals surface area (Å²) in [5.74, 6) is 0.229. The molecular formula is C12H16ClNO. The summed E-state index contributed by atoms with van der Waals surface area (Å²) in [7, 11) is 0. The van der Waals surface area contributed by atoms with Gasteiger partial charge in [-0.05, 0) is 25.0 Å². The molecule has 2 nitrogen and oxygen atoms in total. The van der Waals surface area contributed by atoms with Gasteiger partial charge in [-0.2, -0.15) is 0 Å². The van der Waals surface area contributed by atoms with Gasteiger partial charge in [0.05, 0.1) is 0 Å². The summed E-state index contributed by atoms with van der Waals surface area (Å²) < 4.78 is 0. The third-order valence-corrected chi connectivity index (χ3v) is 3.48. The van der Waals surface area contributed by atoms with Crippen molar-refractivity contribution >= 4 is 11.6 Å². The maximum atomic E-state index is 9.84. The highest BCUT2D eigenvalue weighted by molar-refractivity contribution is 6.30. The minimum Gasteiger partial charge on any atom is -0.508 e. The quantitative estimate of drug-likeness (QED) is 0.771. The molecule has 1 fully saturated rings. The van der Waals surface area contributed by atoms with Crippen LogP contribution in [0.3, 0.4) is 0 Å². The highest BCUT2D eigenvalue weighted by Gasteiger charge is 2.31. The molecule has 0 radical (unpaired) electrons. The van der Waals surface area contributed by atoms with Crippen molar-refractivity contribution in [2.45, 2.75) is 37.6 Å². The van der Waals surface area contributed by atoms with E-state index in [2.05, 4.69) is 0 Å². The van der Waals surface area contributed by atoms with Gasteiger partial charge in [0.25, 0.3) is 0 Å². The van der Waals surface area contributed by atoms with Gasteiger partial charge in [-0.25, -0.2) is 0 Å². The Morgan fingerprint density at radius 2 is 1.87 bits per heavy atom. The Kier molecular flexibility index (Phi) is 2.89. The van der Waals surface area contributed by atoms with Gasteiger partial charge in [0.1, 0.15) is 5.75 Å². The van der Waals surface area contributed by atoms with E-state index in [-0.39, 0.29) is 11.3 Å². The molecular weight excluding hydrogens is 210 g/mol. The molecule has 0 amide bonds. The summed E-state index contributed by atoms with van der Waals surface area (Å²) in [4.78, 5) is 0. The van der Waals surface area contributed by atoms with Crippen LogP contribution in [0.15, 0.2) is 18.2 Å². The van der Waals surface area contributed by atoms with E-state index in [0.29, 0.717) is 5.02 Å². The van der Waals surface area contributed by atoms with Gasteiger partial charge in [0.2, 0.25) is 0 Å². The lowest BCUT2D eigenvalue weighted by Gasteiger charge is -2.34. The number of hydrogen-bond donors (Lipinski definition) is 2. The second-order valence-electron chi connectivity index (χ2n) is 4.38. The normalized spacial score (nSPS) is 20.1. The summed E-state index contributed by atoms with van der Waals surface area (Å²) in [6, 6.07) is 5.21. The third-order valence-electron chi connectivity index (χ3n) is 3.24. The Morgan fingerprint density at radius 1 is 1.20 bits per heavy atom. The monoisotopic (exact) mass is 225 g/mol. The Labute approximate surface area is 95.1 Å². The van der Waals surface area contributed by atoms with E-state index >= 15 is 0 Å². The number of rotatable bonds is 1. The first kappa shape index (κ1) is 10.8. The summed E-state index contributed by atoms with van der Waals surface area (Å²) in [6.45, 7) is 0. The van der Waals surface area contributed by atoms with Crippen molar-refractivity contribution in [2.75, 3.05) is 0 Å². The Bertz CT molecular complexity index is 359. The minimum absolute atomic E-state index is 0.229. The number of aromatic hydroxyl groups is 1. The molecule has 15 heavy (non-hydrogen) atoms. The molecule has 3 heteroatoms. The topological polar surface area (TPSA) is 46.2 Å². The van der Waals surface area contributed by atoms with E-state index in [1.807, 2.05) is 6.07 Å². The predicted molar refractivity (Wildman–Crippen MR) is 62.1 cm³/mol. The molecule has 0 unspecified atom stereocenters. The molecule has 0 aliphatic heterocycles. The van der Waals surface area contributed by atoms with Crippen LogP contribution in [0.2, 0.25) is 5.02 Å². The lowest BCUT2D eigenvalue weighted by atomic mass is 9.77. The fourth-order valence-corrected chi connectivity index (χ4v) is 2.54. The summed E-state index contributed by atoms with van der Waals surface area (Å²) >= 11 is 5.80. The minimum atomic E-state index is -0.354. The van der Waals surface area contributed by atoms with Gasteiger partial charge in [0.15, 0.2) is 0 Å². The number of nitrogens with two attached hydrogens (primary N) is 1. The Morgan fingerprint density at radius 3 is 2.47 bits per heavy atom. The molecule has 0 spiro atoms. The Balaban J connectivity index is 2.35. The van der Waals surface area contributed by atoms with Gasteiger partial charge >= 0.3 is 0 Å². The van der Waals surface area contributed by atoms with Crippen LogP contribution in [0, 0.1) is 0 Å². The maximum Gasteiger partial charge on any atom is 0.122 e. The van der Waals surface area contributed by atoms with Crippen molar-refractivity contribution in [3.63, 3.8) is 0 Å². The van der Waals surface area contributed by atoms with E-state index in [4.69, 9.17) is 17.3 Å². The first-order valence-corrected chi connectivity index (χ1v) is 5.77. The average Bonchev–Trinajstić information content (AvgIpc) is 2.18. The van der Waals surface area contributed by atoms with Crippen LogP contribution in [-0.2, 0) is 5.54 Å². The molecule has 1 aromatic carbocycles. The molecule has 2 rings (SSSR count). The first-order chi connectivity index (χ1) is 7.12.